The van der Waals surface area contributed by atoms with Gasteiger partial charge in [-0.15, -0.1) is 0 Å². The Labute approximate surface area is 127 Å². The van der Waals surface area contributed by atoms with Gasteiger partial charge in [-0.05, 0) is 55.1 Å². The number of benzene rings is 1. The molecule has 1 aromatic carbocycles. The van der Waals surface area contributed by atoms with Crippen LogP contribution in [0.5, 0.6) is 0 Å². The predicted octanol–water partition coefficient (Wildman–Crippen LogP) is 3.71. The zero-order valence-corrected chi connectivity index (χ0v) is 12.9. The van der Waals surface area contributed by atoms with Gasteiger partial charge in [-0.25, -0.2) is 0 Å². The van der Waals surface area contributed by atoms with Crippen molar-refractivity contribution >= 4 is 5.97 Å². The number of hydrogen-bond donors (Lipinski definition) is 2. The van der Waals surface area contributed by atoms with E-state index < -0.39 is 12.0 Å². The van der Waals surface area contributed by atoms with Crippen molar-refractivity contribution in [3.63, 3.8) is 0 Å². The van der Waals surface area contributed by atoms with E-state index in [2.05, 4.69) is 19.1 Å². The highest BCUT2D eigenvalue weighted by Gasteiger charge is 2.21. The molecule has 0 saturated heterocycles. The molecule has 0 bridgehead atoms. The zero-order valence-electron chi connectivity index (χ0n) is 12.9. The Bertz CT molecular complexity index is 447. The molecule has 0 heterocycles. The molecule has 116 valence electrons. The average molecular weight is 289 g/mol. The summed E-state index contributed by atoms with van der Waals surface area (Å²) in [5.74, 6) is 0.674. The molecule has 1 aliphatic carbocycles. The maximum absolute atomic E-state index is 10.8. The van der Waals surface area contributed by atoms with Crippen molar-refractivity contribution < 1.29 is 9.90 Å². The quantitative estimate of drug-likeness (QED) is 0.839. The minimum Gasteiger partial charge on any atom is -0.480 e. The Morgan fingerprint density at radius 1 is 1.24 bits per heavy atom. The lowest BCUT2D eigenvalue weighted by atomic mass is 9.77. The molecule has 21 heavy (non-hydrogen) atoms. The third kappa shape index (κ3) is 4.57. The van der Waals surface area contributed by atoms with Gasteiger partial charge in [0.25, 0.3) is 0 Å². The van der Waals surface area contributed by atoms with Crippen LogP contribution in [0.2, 0.25) is 0 Å². The van der Waals surface area contributed by atoms with E-state index in [0.717, 1.165) is 11.5 Å². The van der Waals surface area contributed by atoms with Crippen molar-refractivity contribution in [3.05, 3.63) is 35.4 Å². The van der Waals surface area contributed by atoms with Crippen LogP contribution in [0.25, 0.3) is 0 Å². The molecule has 0 radical (unpaired) electrons. The van der Waals surface area contributed by atoms with Gasteiger partial charge >= 0.3 is 5.97 Å². The SMILES string of the molecule is CCC[C@H]1CC[C@H](c2ccc(C[C@H](N)C(=O)O)cc2)CC1. The Balaban J connectivity index is 1.89. The van der Waals surface area contributed by atoms with Crippen LogP contribution in [-0.4, -0.2) is 17.1 Å². The first kappa shape index (κ1) is 16.0. The van der Waals surface area contributed by atoms with Gasteiger partial charge in [0.15, 0.2) is 0 Å². The monoisotopic (exact) mass is 289 g/mol. The number of aliphatic carboxylic acids is 1. The fourth-order valence-corrected chi connectivity index (χ4v) is 3.46. The van der Waals surface area contributed by atoms with Crippen LogP contribution < -0.4 is 5.73 Å². The lowest BCUT2D eigenvalue weighted by Crippen LogP contribution is -2.32. The second-order valence-corrected chi connectivity index (χ2v) is 6.40. The molecular formula is C18H27NO2. The van der Waals surface area contributed by atoms with Gasteiger partial charge in [0.1, 0.15) is 6.04 Å². The number of carboxylic acid groups (broad SMARTS) is 1. The number of carboxylic acids is 1. The third-order valence-electron chi connectivity index (χ3n) is 4.77. The summed E-state index contributed by atoms with van der Waals surface area (Å²) in [5.41, 5.74) is 7.98. The van der Waals surface area contributed by atoms with E-state index in [1.54, 1.807) is 0 Å². The first-order valence-electron chi connectivity index (χ1n) is 8.17. The van der Waals surface area contributed by atoms with E-state index in [1.807, 2.05) is 12.1 Å². The minimum absolute atomic E-state index is 0.402. The normalized spacial score (nSPS) is 23.7. The summed E-state index contributed by atoms with van der Waals surface area (Å²) in [7, 11) is 0. The van der Waals surface area contributed by atoms with Crippen LogP contribution in [-0.2, 0) is 11.2 Å². The lowest BCUT2D eigenvalue weighted by molar-refractivity contribution is -0.138. The molecule has 3 heteroatoms. The fourth-order valence-electron chi connectivity index (χ4n) is 3.46. The van der Waals surface area contributed by atoms with E-state index >= 15 is 0 Å². The maximum Gasteiger partial charge on any atom is 0.320 e. The summed E-state index contributed by atoms with van der Waals surface area (Å²) >= 11 is 0. The molecule has 3 N–H and O–H groups in total. The Hall–Kier alpha value is -1.35. The van der Waals surface area contributed by atoms with Crippen molar-refractivity contribution in [1.82, 2.24) is 0 Å². The van der Waals surface area contributed by atoms with Crippen molar-refractivity contribution in [1.29, 1.82) is 0 Å². The molecule has 0 amide bonds. The van der Waals surface area contributed by atoms with Crippen molar-refractivity contribution in [3.8, 4) is 0 Å². The molecule has 1 atom stereocenters. The molecular weight excluding hydrogens is 262 g/mol. The van der Waals surface area contributed by atoms with E-state index in [4.69, 9.17) is 10.8 Å². The Kier molecular flexibility index (Phi) is 5.80. The number of hydrogen-bond acceptors (Lipinski definition) is 2. The summed E-state index contributed by atoms with van der Waals surface area (Å²) in [5, 5.41) is 8.85. The molecule has 0 unspecified atom stereocenters. The van der Waals surface area contributed by atoms with Crippen molar-refractivity contribution in [2.45, 2.75) is 63.8 Å². The number of rotatable bonds is 6. The molecule has 1 fully saturated rings. The van der Waals surface area contributed by atoms with E-state index in [9.17, 15) is 4.79 Å². The Morgan fingerprint density at radius 2 is 1.86 bits per heavy atom. The summed E-state index contributed by atoms with van der Waals surface area (Å²) < 4.78 is 0. The molecule has 1 aliphatic rings. The topological polar surface area (TPSA) is 63.3 Å². The van der Waals surface area contributed by atoms with Crippen LogP contribution in [0.4, 0.5) is 0 Å². The summed E-state index contributed by atoms with van der Waals surface area (Å²) in [4.78, 5) is 10.8. The Morgan fingerprint density at radius 3 is 2.38 bits per heavy atom. The van der Waals surface area contributed by atoms with Crippen molar-refractivity contribution in [2.75, 3.05) is 0 Å². The van der Waals surface area contributed by atoms with Gasteiger partial charge in [0.2, 0.25) is 0 Å². The fraction of sp³-hybridized carbons (Fsp3) is 0.611. The van der Waals surface area contributed by atoms with Crippen LogP contribution in [0.15, 0.2) is 24.3 Å². The van der Waals surface area contributed by atoms with E-state index in [-0.39, 0.29) is 0 Å². The molecule has 0 aromatic heterocycles. The molecule has 0 spiro atoms. The highest BCUT2D eigenvalue weighted by atomic mass is 16.4. The van der Waals surface area contributed by atoms with Gasteiger partial charge in [0, 0.05) is 0 Å². The molecule has 2 rings (SSSR count). The van der Waals surface area contributed by atoms with Crippen LogP contribution in [0, 0.1) is 5.92 Å². The summed E-state index contributed by atoms with van der Waals surface area (Å²) in [6, 6.07) is 7.59. The maximum atomic E-state index is 10.8. The molecule has 1 aromatic rings. The van der Waals surface area contributed by atoms with E-state index in [0.29, 0.717) is 12.3 Å². The number of carbonyl (C=O) groups is 1. The first-order chi connectivity index (χ1) is 10.1. The van der Waals surface area contributed by atoms with Crippen LogP contribution in [0.3, 0.4) is 0 Å². The predicted molar refractivity (Wildman–Crippen MR) is 85.4 cm³/mol. The smallest absolute Gasteiger partial charge is 0.320 e. The first-order valence-corrected chi connectivity index (χ1v) is 8.17. The molecule has 0 aliphatic heterocycles. The highest BCUT2D eigenvalue weighted by molar-refractivity contribution is 5.73. The van der Waals surface area contributed by atoms with Crippen molar-refractivity contribution in [2.24, 2.45) is 11.7 Å². The average Bonchev–Trinajstić information content (AvgIpc) is 2.49. The zero-order chi connectivity index (χ0) is 15.2. The summed E-state index contributed by atoms with van der Waals surface area (Å²) in [6.45, 7) is 2.27. The van der Waals surface area contributed by atoms with Gasteiger partial charge in [-0.1, -0.05) is 44.0 Å². The summed E-state index contributed by atoms with van der Waals surface area (Å²) in [6.07, 6.45) is 8.36. The molecule has 1 saturated carbocycles. The van der Waals surface area contributed by atoms with Gasteiger partial charge in [-0.2, -0.15) is 0 Å². The second-order valence-electron chi connectivity index (χ2n) is 6.40. The second kappa shape index (κ2) is 7.60. The molecule has 3 nitrogen and oxygen atoms in total. The van der Waals surface area contributed by atoms with Gasteiger partial charge in [0.05, 0.1) is 0 Å². The van der Waals surface area contributed by atoms with Crippen LogP contribution in [0.1, 0.15) is 62.5 Å². The lowest BCUT2D eigenvalue weighted by Gasteiger charge is -2.28. The van der Waals surface area contributed by atoms with E-state index in [1.165, 1.54) is 44.1 Å². The van der Waals surface area contributed by atoms with Gasteiger partial charge in [-0.3, -0.25) is 4.79 Å². The van der Waals surface area contributed by atoms with Crippen LogP contribution >= 0.6 is 0 Å². The largest absolute Gasteiger partial charge is 0.480 e. The standard InChI is InChI=1S/C18H27NO2/c1-2-3-13-4-8-15(9-5-13)16-10-6-14(7-11-16)12-17(19)18(20)21/h6-7,10-11,13,15,17H,2-5,8-9,12,19H2,1H3,(H,20,21)/t13-,15-,17-/m0/s1. The number of nitrogens with two attached hydrogens (primary N) is 1. The van der Waals surface area contributed by atoms with Gasteiger partial charge < -0.3 is 10.8 Å². The minimum atomic E-state index is -0.937. The highest BCUT2D eigenvalue weighted by Crippen LogP contribution is 2.37. The third-order valence-corrected chi connectivity index (χ3v) is 4.77.